The number of amides is 2. The van der Waals surface area contributed by atoms with E-state index in [2.05, 4.69) is 15.6 Å². The van der Waals surface area contributed by atoms with Crippen molar-refractivity contribution < 1.29 is 41.4 Å². The number of fused-ring (bicyclic) bond motifs is 1. The predicted octanol–water partition coefficient (Wildman–Crippen LogP) is 4.58. The number of furan rings is 1. The molecular weight excluding hydrogens is 509 g/mol. The highest BCUT2D eigenvalue weighted by atomic mass is 19.4. The Morgan fingerprint density at radius 3 is 2.47 bits per heavy atom. The molecule has 1 atom stereocenters. The van der Waals surface area contributed by atoms with Gasteiger partial charge < -0.3 is 28.9 Å². The van der Waals surface area contributed by atoms with Gasteiger partial charge >= 0.3 is 18.2 Å². The molecule has 0 aliphatic carbocycles. The Hall–Kier alpha value is -4.03. The van der Waals surface area contributed by atoms with Gasteiger partial charge in [-0.15, -0.1) is 0 Å². The Bertz CT molecular complexity index is 1280. The summed E-state index contributed by atoms with van der Waals surface area (Å²) < 4.78 is 57.3. The fourth-order valence-corrected chi connectivity index (χ4v) is 3.60. The Balaban J connectivity index is 1.71. The molecule has 0 aliphatic rings. The molecule has 0 aromatic carbocycles. The van der Waals surface area contributed by atoms with Crippen LogP contribution in [-0.2, 0) is 20.4 Å². The molecule has 3 aromatic heterocycles. The number of carbonyl (C=O) groups excluding carboxylic acids is 3. The van der Waals surface area contributed by atoms with E-state index in [1.807, 2.05) is 0 Å². The van der Waals surface area contributed by atoms with Gasteiger partial charge in [0.25, 0.3) is 5.91 Å². The molecule has 3 aromatic rings. The Morgan fingerprint density at radius 1 is 1.13 bits per heavy atom. The van der Waals surface area contributed by atoms with Crippen LogP contribution >= 0.6 is 0 Å². The first-order valence-electron chi connectivity index (χ1n) is 11.8. The topological polar surface area (TPSA) is 124 Å². The molecule has 13 heteroatoms. The van der Waals surface area contributed by atoms with Crippen LogP contribution in [0.1, 0.15) is 56.1 Å². The third kappa shape index (κ3) is 7.49. The van der Waals surface area contributed by atoms with Gasteiger partial charge in [-0.25, -0.2) is 14.6 Å². The highest BCUT2D eigenvalue weighted by Crippen LogP contribution is 2.35. The number of aromatic nitrogens is 2. The summed E-state index contributed by atoms with van der Waals surface area (Å²) in [7, 11) is 1.16. The lowest BCUT2D eigenvalue weighted by atomic mass is 10.1. The number of rotatable bonds is 9. The Kier molecular flexibility index (Phi) is 8.69. The molecule has 0 fully saturated rings. The number of methoxy groups -OCH3 is 1. The zero-order valence-electron chi connectivity index (χ0n) is 21.3. The minimum Gasteiger partial charge on any atom is -0.472 e. The second-order valence-electron chi connectivity index (χ2n) is 9.48. The van der Waals surface area contributed by atoms with Crippen molar-refractivity contribution in [2.75, 3.05) is 13.7 Å². The Morgan fingerprint density at radius 2 is 1.87 bits per heavy atom. The number of nitrogens with one attached hydrogen (secondary N) is 2. The smallest absolute Gasteiger partial charge is 0.420 e. The van der Waals surface area contributed by atoms with Crippen LogP contribution in [0.15, 0.2) is 41.5 Å². The van der Waals surface area contributed by atoms with E-state index in [0.717, 1.165) is 23.8 Å². The lowest BCUT2D eigenvalue weighted by molar-refractivity contribution is -0.143. The van der Waals surface area contributed by atoms with Gasteiger partial charge in [-0.2, -0.15) is 13.2 Å². The second kappa shape index (κ2) is 11.6. The average Bonchev–Trinajstić information content (AvgIpc) is 3.50. The van der Waals surface area contributed by atoms with Crippen LogP contribution in [0.4, 0.5) is 18.0 Å². The number of ether oxygens (including phenoxy) is 2. The van der Waals surface area contributed by atoms with Gasteiger partial charge in [0.15, 0.2) is 0 Å². The quantitative estimate of drug-likeness (QED) is 0.302. The molecule has 1 unspecified atom stereocenters. The minimum absolute atomic E-state index is 0.167. The van der Waals surface area contributed by atoms with Crippen LogP contribution in [0.5, 0.6) is 0 Å². The summed E-state index contributed by atoms with van der Waals surface area (Å²) in [5.41, 5.74) is -1.79. The van der Waals surface area contributed by atoms with E-state index < -0.39 is 47.0 Å². The van der Waals surface area contributed by atoms with E-state index >= 15 is 0 Å². The number of alkyl carbamates (subject to hydrolysis) is 1. The number of halogens is 3. The average molecular weight is 539 g/mol. The number of unbranched alkanes of at least 4 members (excludes halogenated alkanes) is 1. The van der Waals surface area contributed by atoms with E-state index in [1.165, 1.54) is 24.8 Å². The van der Waals surface area contributed by atoms with E-state index in [4.69, 9.17) is 13.9 Å². The maximum absolute atomic E-state index is 13.8. The molecule has 0 bridgehead atoms. The number of hydrogen-bond acceptors (Lipinski definition) is 7. The van der Waals surface area contributed by atoms with E-state index in [1.54, 1.807) is 20.8 Å². The van der Waals surface area contributed by atoms with Crippen molar-refractivity contribution in [3.8, 4) is 11.1 Å². The summed E-state index contributed by atoms with van der Waals surface area (Å²) in [6.45, 7) is 5.49. The number of hydrogen-bond donors (Lipinski definition) is 2. The maximum Gasteiger partial charge on any atom is 0.420 e. The van der Waals surface area contributed by atoms with Crippen LogP contribution < -0.4 is 10.6 Å². The molecule has 0 aliphatic heterocycles. The van der Waals surface area contributed by atoms with E-state index in [9.17, 15) is 27.6 Å². The molecule has 10 nitrogen and oxygen atoms in total. The van der Waals surface area contributed by atoms with Gasteiger partial charge in [-0.1, -0.05) is 0 Å². The Labute approximate surface area is 216 Å². The first-order chi connectivity index (χ1) is 17.8. The minimum atomic E-state index is -4.73. The maximum atomic E-state index is 13.8. The summed E-state index contributed by atoms with van der Waals surface area (Å²) in [5, 5.41) is 5.07. The molecule has 0 saturated carbocycles. The number of nitrogens with zero attached hydrogens (tertiary/aromatic N) is 2. The summed E-state index contributed by atoms with van der Waals surface area (Å²) >= 11 is 0. The first kappa shape index (κ1) is 28.5. The van der Waals surface area contributed by atoms with Crippen molar-refractivity contribution in [1.82, 2.24) is 20.0 Å². The number of alkyl halides is 3. The standard InChI is InChI=1S/C25H29F3N4O6/c1-24(2,3)38-23(35)29-9-6-5-7-18(22(34)36-4)31-21(33)19-13-32-12-16(15-8-10-37-14-15)11-17(20(32)30-19)25(26,27)28/h8,10-14,18H,5-7,9H2,1-4H3,(H,29,35)(H,31,33). The molecule has 3 rings (SSSR count). The highest BCUT2D eigenvalue weighted by Gasteiger charge is 2.35. The SMILES string of the molecule is COC(=O)C(CCCCNC(=O)OC(C)(C)C)NC(=O)c1cn2cc(-c3ccoc3)cc(C(F)(F)F)c2n1. The van der Waals surface area contributed by atoms with Gasteiger partial charge in [-0.3, -0.25) is 4.79 Å². The van der Waals surface area contributed by atoms with Gasteiger partial charge in [0.1, 0.15) is 23.0 Å². The zero-order chi connectivity index (χ0) is 28.1. The molecule has 0 spiro atoms. The van der Waals surface area contributed by atoms with Gasteiger partial charge in [0, 0.05) is 30.1 Å². The zero-order valence-corrected chi connectivity index (χ0v) is 21.3. The van der Waals surface area contributed by atoms with Crippen molar-refractivity contribution >= 4 is 23.6 Å². The highest BCUT2D eigenvalue weighted by molar-refractivity contribution is 5.95. The number of pyridine rings is 1. The lowest BCUT2D eigenvalue weighted by Crippen LogP contribution is -2.41. The van der Waals surface area contributed by atoms with E-state index in [-0.39, 0.29) is 24.2 Å². The molecule has 38 heavy (non-hydrogen) atoms. The normalized spacial score (nSPS) is 12.7. The monoisotopic (exact) mass is 538 g/mol. The van der Waals surface area contributed by atoms with Gasteiger partial charge in [0.05, 0.1) is 25.2 Å². The largest absolute Gasteiger partial charge is 0.472 e. The first-order valence-corrected chi connectivity index (χ1v) is 11.8. The van der Waals surface area contributed by atoms with E-state index in [0.29, 0.717) is 18.4 Å². The molecule has 0 radical (unpaired) electrons. The van der Waals surface area contributed by atoms with Crippen LogP contribution in [0.25, 0.3) is 16.8 Å². The fraction of sp³-hybridized carbons (Fsp3) is 0.440. The summed E-state index contributed by atoms with van der Waals surface area (Å²) in [4.78, 5) is 40.7. The van der Waals surface area contributed by atoms with Crippen molar-refractivity contribution in [2.45, 2.75) is 57.9 Å². The van der Waals surface area contributed by atoms with Crippen LogP contribution in [-0.4, -0.2) is 52.7 Å². The predicted molar refractivity (Wildman–Crippen MR) is 129 cm³/mol. The molecule has 0 saturated heterocycles. The van der Waals surface area contributed by atoms with Crippen molar-refractivity contribution in [3.63, 3.8) is 0 Å². The van der Waals surface area contributed by atoms with Crippen LogP contribution in [0.3, 0.4) is 0 Å². The van der Waals surface area contributed by atoms with Gasteiger partial charge in [0.2, 0.25) is 0 Å². The van der Waals surface area contributed by atoms with Crippen LogP contribution in [0.2, 0.25) is 0 Å². The summed E-state index contributed by atoms with van der Waals surface area (Å²) in [5.74, 6) is -1.56. The van der Waals surface area contributed by atoms with Crippen molar-refractivity contribution in [2.24, 2.45) is 0 Å². The number of carbonyl (C=O) groups is 3. The van der Waals surface area contributed by atoms with Crippen molar-refractivity contribution in [3.05, 3.63) is 48.3 Å². The second-order valence-corrected chi connectivity index (χ2v) is 9.48. The molecule has 206 valence electrons. The number of esters is 1. The summed E-state index contributed by atoms with van der Waals surface area (Å²) in [6.07, 6.45) is 0.946. The molecule has 2 amide bonds. The summed E-state index contributed by atoms with van der Waals surface area (Å²) in [6, 6.07) is 1.37. The fourth-order valence-electron chi connectivity index (χ4n) is 3.60. The number of imidazole rings is 1. The lowest BCUT2D eigenvalue weighted by Gasteiger charge is -2.19. The molecule has 2 N–H and O–H groups in total. The third-order valence-corrected chi connectivity index (χ3v) is 5.32. The third-order valence-electron chi connectivity index (χ3n) is 5.32. The van der Waals surface area contributed by atoms with Crippen LogP contribution in [0, 0.1) is 0 Å². The molecule has 3 heterocycles. The van der Waals surface area contributed by atoms with Crippen molar-refractivity contribution in [1.29, 1.82) is 0 Å². The van der Waals surface area contributed by atoms with Gasteiger partial charge in [-0.05, 0) is 52.2 Å². The molecular formula is C25H29F3N4O6.